The van der Waals surface area contributed by atoms with E-state index in [2.05, 4.69) is 27.5 Å². The van der Waals surface area contributed by atoms with Crippen molar-refractivity contribution >= 4 is 74.7 Å². The smallest absolute Gasteiger partial charge is 0.235 e. The number of carbonyl (C=O) groups is 1. The molecule has 1 amide bonds. The van der Waals surface area contributed by atoms with Crippen LogP contribution in [0.1, 0.15) is 25.7 Å². The van der Waals surface area contributed by atoms with Crippen molar-refractivity contribution in [2.45, 2.75) is 31.7 Å². The van der Waals surface area contributed by atoms with Crippen LogP contribution in [0.15, 0.2) is 12.1 Å². The van der Waals surface area contributed by atoms with Gasteiger partial charge in [0.1, 0.15) is 0 Å². The van der Waals surface area contributed by atoms with E-state index in [9.17, 15) is 4.79 Å². The predicted octanol–water partition coefficient (Wildman–Crippen LogP) is 4.47. The van der Waals surface area contributed by atoms with Gasteiger partial charge in [0.15, 0.2) is 5.11 Å². The Hall–Kier alpha value is -0.110. The summed E-state index contributed by atoms with van der Waals surface area (Å²) in [6.07, 6.45) is 3.82. The lowest BCUT2D eigenvalue weighted by molar-refractivity contribution is -0.120. The normalized spacial score (nSPS) is 22.5. The number of hydrogen-bond donors (Lipinski definition) is 0. The molecule has 1 atom stereocenters. The van der Waals surface area contributed by atoms with Crippen LogP contribution in [0.25, 0.3) is 0 Å². The molecule has 21 heavy (non-hydrogen) atoms. The minimum Gasteiger partial charge on any atom is -0.345 e. The van der Waals surface area contributed by atoms with E-state index in [1.54, 1.807) is 17.0 Å². The molecular weight excluding hydrogens is 442 g/mol. The van der Waals surface area contributed by atoms with Crippen molar-refractivity contribution in [3.05, 3.63) is 25.7 Å². The molecule has 0 spiro atoms. The number of carbonyl (C=O) groups excluding carboxylic acids is 1. The van der Waals surface area contributed by atoms with Crippen molar-refractivity contribution < 1.29 is 4.79 Å². The van der Waals surface area contributed by atoms with E-state index in [4.69, 9.17) is 35.4 Å². The lowest BCUT2D eigenvalue weighted by atomic mass is 9.97. The minimum atomic E-state index is 0.0245. The second-order valence-corrected chi connectivity index (χ2v) is 7.54. The first-order valence-corrected chi connectivity index (χ1v) is 9.01. The fraction of sp³-hybridized carbons (Fsp3) is 0.429. The van der Waals surface area contributed by atoms with E-state index in [0.29, 0.717) is 27.3 Å². The fourth-order valence-electron chi connectivity index (χ4n) is 2.92. The predicted molar refractivity (Wildman–Crippen MR) is 98.2 cm³/mol. The molecule has 2 heterocycles. The molecule has 2 aliphatic rings. The summed E-state index contributed by atoms with van der Waals surface area (Å²) in [7, 11) is 0. The Morgan fingerprint density at radius 3 is 2.57 bits per heavy atom. The Bertz CT molecular complexity index is 602. The molecule has 0 radical (unpaired) electrons. The molecule has 1 aromatic rings. The second kappa shape index (κ2) is 6.18. The molecule has 2 fully saturated rings. The number of nitrogens with zero attached hydrogens (tertiary/aromatic N) is 2. The van der Waals surface area contributed by atoms with Crippen molar-refractivity contribution in [2.75, 3.05) is 11.4 Å². The number of halogens is 3. The molecule has 1 aromatic carbocycles. The molecule has 3 nitrogen and oxygen atoms in total. The van der Waals surface area contributed by atoms with Crippen LogP contribution in [0, 0.1) is 3.57 Å². The summed E-state index contributed by atoms with van der Waals surface area (Å²) in [5.74, 6) is 0.0245. The second-order valence-electron chi connectivity index (χ2n) is 5.28. The standard InChI is InChI=1S/C14H13Cl2IN2OS/c15-10-5-9(6-11(16)13(10)17)19-12(20)7-8-3-1-2-4-18(8)14(19)21/h5-6,8H,1-4,7H2. The summed E-state index contributed by atoms with van der Waals surface area (Å²) >= 11 is 20.0. The number of anilines is 1. The van der Waals surface area contributed by atoms with E-state index in [0.717, 1.165) is 29.4 Å². The number of thiocarbonyl (C=S) groups is 1. The summed E-state index contributed by atoms with van der Waals surface area (Å²) in [4.78, 5) is 16.2. The van der Waals surface area contributed by atoms with E-state index < -0.39 is 0 Å². The molecule has 0 saturated carbocycles. The van der Waals surface area contributed by atoms with Crippen LogP contribution in [0.4, 0.5) is 5.69 Å². The van der Waals surface area contributed by atoms with Crippen LogP contribution in [0.5, 0.6) is 0 Å². The van der Waals surface area contributed by atoms with Gasteiger partial charge < -0.3 is 4.90 Å². The van der Waals surface area contributed by atoms with Gasteiger partial charge in [-0.15, -0.1) is 0 Å². The Labute approximate surface area is 152 Å². The highest BCUT2D eigenvalue weighted by Gasteiger charge is 2.38. The third-order valence-electron chi connectivity index (χ3n) is 3.95. The number of amides is 1. The highest BCUT2D eigenvalue weighted by Crippen LogP contribution is 2.35. The van der Waals surface area contributed by atoms with Crippen LogP contribution in [0.2, 0.25) is 10.0 Å². The molecule has 2 saturated heterocycles. The van der Waals surface area contributed by atoms with Crippen LogP contribution in [-0.2, 0) is 4.79 Å². The van der Waals surface area contributed by atoms with Gasteiger partial charge >= 0.3 is 0 Å². The van der Waals surface area contributed by atoms with E-state index in [-0.39, 0.29) is 11.9 Å². The topological polar surface area (TPSA) is 23.6 Å². The van der Waals surface area contributed by atoms with Gasteiger partial charge in [0, 0.05) is 19.0 Å². The summed E-state index contributed by atoms with van der Waals surface area (Å²) in [6.45, 7) is 0.916. The highest BCUT2D eigenvalue weighted by atomic mass is 127. The van der Waals surface area contributed by atoms with Gasteiger partial charge in [-0.1, -0.05) is 23.2 Å². The molecule has 0 aliphatic carbocycles. The first-order valence-electron chi connectivity index (χ1n) is 6.77. The Balaban J connectivity index is 1.97. The molecule has 2 aliphatic heterocycles. The maximum absolute atomic E-state index is 12.5. The van der Waals surface area contributed by atoms with Gasteiger partial charge in [-0.05, 0) is 66.2 Å². The van der Waals surface area contributed by atoms with Gasteiger partial charge in [-0.3, -0.25) is 9.69 Å². The number of fused-ring (bicyclic) bond motifs is 1. The van der Waals surface area contributed by atoms with Crippen LogP contribution in [0.3, 0.4) is 0 Å². The third-order valence-corrected chi connectivity index (χ3v) is 6.76. The Morgan fingerprint density at radius 1 is 1.24 bits per heavy atom. The largest absolute Gasteiger partial charge is 0.345 e. The summed E-state index contributed by atoms with van der Waals surface area (Å²) in [6, 6.07) is 3.76. The molecule has 112 valence electrons. The fourth-order valence-corrected chi connectivity index (χ4v) is 4.15. The van der Waals surface area contributed by atoms with Gasteiger partial charge in [-0.2, -0.15) is 0 Å². The molecule has 7 heteroatoms. The zero-order valence-electron chi connectivity index (χ0n) is 11.1. The third kappa shape index (κ3) is 2.90. The average molecular weight is 455 g/mol. The maximum Gasteiger partial charge on any atom is 0.235 e. The van der Waals surface area contributed by atoms with Gasteiger partial charge in [0.25, 0.3) is 0 Å². The average Bonchev–Trinajstić information content (AvgIpc) is 2.44. The van der Waals surface area contributed by atoms with Crippen molar-refractivity contribution in [3.8, 4) is 0 Å². The van der Waals surface area contributed by atoms with Crippen molar-refractivity contribution in [2.24, 2.45) is 0 Å². The van der Waals surface area contributed by atoms with Crippen molar-refractivity contribution in [1.82, 2.24) is 4.90 Å². The zero-order chi connectivity index (χ0) is 15.1. The molecule has 0 bridgehead atoms. The number of rotatable bonds is 1. The molecule has 0 aromatic heterocycles. The Kier molecular flexibility index (Phi) is 4.64. The first kappa shape index (κ1) is 15.8. The SMILES string of the molecule is O=C1CC2CCCCN2C(=S)N1c1cc(Cl)c(I)c(Cl)c1. The molecular formula is C14H13Cl2IN2OS. The maximum atomic E-state index is 12.5. The monoisotopic (exact) mass is 454 g/mol. The van der Waals surface area contributed by atoms with Gasteiger partial charge in [-0.25, -0.2) is 0 Å². The molecule has 1 unspecified atom stereocenters. The van der Waals surface area contributed by atoms with E-state index in [1.807, 2.05) is 0 Å². The van der Waals surface area contributed by atoms with Crippen LogP contribution < -0.4 is 4.90 Å². The molecule has 3 rings (SSSR count). The van der Waals surface area contributed by atoms with Crippen molar-refractivity contribution in [3.63, 3.8) is 0 Å². The Morgan fingerprint density at radius 2 is 1.90 bits per heavy atom. The highest BCUT2D eigenvalue weighted by molar-refractivity contribution is 14.1. The van der Waals surface area contributed by atoms with E-state index in [1.165, 1.54) is 0 Å². The minimum absolute atomic E-state index is 0.0245. The zero-order valence-corrected chi connectivity index (χ0v) is 15.6. The summed E-state index contributed by atoms with van der Waals surface area (Å²) in [5.41, 5.74) is 0.657. The van der Waals surface area contributed by atoms with Gasteiger partial charge in [0.05, 0.1) is 19.3 Å². The lowest BCUT2D eigenvalue weighted by Crippen LogP contribution is -2.58. The lowest BCUT2D eigenvalue weighted by Gasteiger charge is -2.45. The van der Waals surface area contributed by atoms with Gasteiger partial charge in [0.2, 0.25) is 5.91 Å². The van der Waals surface area contributed by atoms with E-state index >= 15 is 0 Å². The van der Waals surface area contributed by atoms with Crippen LogP contribution >= 0.6 is 58.0 Å². The van der Waals surface area contributed by atoms with Crippen molar-refractivity contribution in [1.29, 1.82) is 0 Å². The number of piperidine rings is 1. The quantitative estimate of drug-likeness (QED) is 0.355. The van der Waals surface area contributed by atoms with Crippen LogP contribution in [-0.4, -0.2) is 28.5 Å². The number of hydrogen-bond acceptors (Lipinski definition) is 2. The number of benzene rings is 1. The summed E-state index contributed by atoms with van der Waals surface area (Å²) in [5, 5.41) is 1.65. The molecule has 0 N–H and O–H groups in total. The summed E-state index contributed by atoms with van der Waals surface area (Å²) < 4.78 is 0.783. The first-order chi connectivity index (χ1) is 9.99.